The van der Waals surface area contributed by atoms with E-state index in [1.165, 1.54) is 12.8 Å². The van der Waals surface area contributed by atoms with Crippen LogP contribution in [-0.2, 0) is 9.53 Å². The molecule has 0 aliphatic carbocycles. The summed E-state index contributed by atoms with van der Waals surface area (Å²) >= 11 is 0. The molecular weight excluding hydrogens is 192 g/mol. The van der Waals surface area contributed by atoms with Gasteiger partial charge in [-0.3, -0.25) is 4.79 Å². The molecule has 0 bridgehead atoms. The lowest BCUT2D eigenvalue weighted by Crippen LogP contribution is -2.41. The second-order valence-corrected chi connectivity index (χ2v) is 4.40. The molecule has 2 atom stereocenters. The van der Waals surface area contributed by atoms with Gasteiger partial charge in [-0.1, -0.05) is 0 Å². The van der Waals surface area contributed by atoms with Crippen LogP contribution in [0.15, 0.2) is 0 Å². The molecule has 4 heteroatoms. The van der Waals surface area contributed by atoms with Crippen LogP contribution in [0.3, 0.4) is 0 Å². The molecule has 0 spiro atoms. The van der Waals surface area contributed by atoms with E-state index in [1.54, 1.807) is 0 Å². The molecule has 2 fully saturated rings. The lowest BCUT2D eigenvalue weighted by molar-refractivity contribution is -0.131. The van der Waals surface area contributed by atoms with Gasteiger partial charge >= 0.3 is 0 Å². The first-order valence-corrected chi connectivity index (χ1v) is 5.89. The summed E-state index contributed by atoms with van der Waals surface area (Å²) in [5, 5.41) is 3.05. The van der Waals surface area contributed by atoms with Gasteiger partial charge in [-0.25, -0.2) is 0 Å². The van der Waals surface area contributed by atoms with Gasteiger partial charge in [0.05, 0.1) is 12.1 Å². The molecule has 1 N–H and O–H groups in total. The zero-order valence-electron chi connectivity index (χ0n) is 9.37. The first kappa shape index (κ1) is 10.9. The average molecular weight is 212 g/mol. The highest BCUT2D eigenvalue weighted by Gasteiger charge is 2.32. The van der Waals surface area contributed by atoms with Gasteiger partial charge < -0.3 is 15.0 Å². The predicted octanol–water partition coefficient (Wildman–Crippen LogP) is 0.376. The first-order valence-electron chi connectivity index (χ1n) is 5.89. The minimum absolute atomic E-state index is 0.0357. The molecule has 4 nitrogen and oxygen atoms in total. The third-order valence-electron chi connectivity index (χ3n) is 3.34. The number of likely N-dealkylation sites (N-methyl/N-ethyl adjacent to an activating group) is 1. The molecule has 0 aromatic heterocycles. The number of nitrogens with one attached hydrogen (secondary N) is 1. The predicted molar refractivity (Wildman–Crippen MR) is 57.6 cm³/mol. The van der Waals surface area contributed by atoms with E-state index >= 15 is 0 Å². The molecule has 86 valence electrons. The van der Waals surface area contributed by atoms with Crippen LogP contribution >= 0.6 is 0 Å². The number of nitrogens with zero attached hydrogens (tertiary/aromatic N) is 1. The normalized spacial score (nSPS) is 32.3. The van der Waals surface area contributed by atoms with Gasteiger partial charge in [0.1, 0.15) is 0 Å². The highest BCUT2D eigenvalue weighted by molar-refractivity contribution is 5.83. The highest BCUT2D eigenvalue weighted by Crippen LogP contribution is 2.17. The van der Waals surface area contributed by atoms with Gasteiger partial charge in [0.15, 0.2) is 0 Å². The van der Waals surface area contributed by atoms with Crippen molar-refractivity contribution >= 4 is 5.91 Å². The maximum Gasteiger partial charge on any atom is 0.239 e. The summed E-state index contributed by atoms with van der Waals surface area (Å²) in [5.74, 6) is 0.242. The number of likely N-dealkylation sites (tertiary alicyclic amines) is 1. The fourth-order valence-corrected chi connectivity index (χ4v) is 2.39. The smallest absolute Gasteiger partial charge is 0.239 e. The zero-order chi connectivity index (χ0) is 10.7. The van der Waals surface area contributed by atoms with E-state index in [4.69, 9.17) is 4.74 Å². The molecule has 0 saturated carbocycles. The molecule has 15 heavy (non-hydrogen) atoms. The molecule has 0 radical (unpaired) electrons. The van der Waals surface area contributed by atoms with E-state index in [-0.39, 0.29) is 18.1 Å². The lowest BCUT2D eigenvalue weighted by Gasteiger charge is -2.27. The Bertz CT molecular complexity index is 227. The van der Waals surface area contributed by atoms with Crippen molar-refractivity contribution in [2.75, 3.05) is 26.7 Å². The summed E-state index contributed by atoms with van der Waals surface area (Å²) in [4.78, 5) is 13.8. The summed E-state index contributed by atoms with van der Waals surface area (Å²) in [5.41, 5.74) is 0. The van der Waals surface area contributed by atoms with Gasteiger partial charge in [0.2, 0.25) is 5.91 Å². The van der Waals surface area contributed by atoms with Crippen molar-refractivity contribution in [2.45, 2.75) is 37.8 Å². The monoisotopic (exact) mass is 212 g/mol. The van der Waals surface area contributed by atoms with Crippen LogP contribution in [0.25, 0.3) is 0 Å². The Morgan fingerprint density at radius 2 is 2.33 bits per heavy atom. The molecule has 1 amide bonds. The summed E-state index contributed by atoms with van der Waals surface area (Å²) < 4.78 is 5.64. The number of ether oxygens (including phenoxy) is 1. The molecule has 2 aliphatic rings. The van der Waals surface area contributed by atoms with Crippen molar-refractivity contribution in [1.29, 1.82) is 0 Å². The largest absolute Gasteiger partial charge is 0.376 e. The lowest BCUT2D eigenvalue weighted by atomic mass is 10.1. The quantitative estimate of drug-likeness (QED) is 0.735. The Morgan fingerprint density at radius 3 is 2.93 bits per heavy atom. The zero-order valence-corrected chi connectivity index (χ0v) is 9.37. The minimum Gasteiger partial charge on any atom is -0.376 e. The van der Waals surface area contributed by atoms with Gasteiger partial charge in [0.25, 0.3) is 0 Å². The Balaban J connectivity index is 1.82. The maximum absolute atomic E-state index is 11.8. The van der Waals surface area contributed by atoms with Crippen LogP contribution in [0.1, 0.15) is 25.7 Å². The van der Waals surface area contributed by atoms with Crippen LogP contribution in [-0.4, -0.2) is 49.7 Å². The van der Waals surface area contributed by atoms with E-state index in [2.05, 4.69) is 5.32 Å². The molecule has 2 unspecified atom stereocenters. The van der Waals surface area contributed by atoms with Crippen molar-refractivity contribution in [3.05, 3.63) is 0 Å². The van der Waals surface area contributed by atoms with E-state index in [0.29, 0.717) is 0 Å². The number of hydrogen-bond donors (Lipinski definition) is 1. The van der Waals surface area contributed by atoms with Crippen LogP contribution in [0.2, 0.25) is 0 Å². The van der Waals surface area contributed by atoms with Crippen molar-refractivity contribution in [2.24, 2.45) is 0 Å². The fourth-order valence-electron chi connectivity index (χ4n) is 2.39. The molecule has 2 saturated heterocycles. The first-order chi connectivity index (χ1) is 7.31. The fraction of sp³-hybridized carbons (Fsp3) is 0.909. The number of carbonyl (C=O) groups excluding carboxylic acids is 1. The standard InChI is InChI=1S/C11H20N2O2/c1-12-10-5-6-13(11(10)14)8-9-4-2-3-7-15-9/h9-10,12H,2-8H2,1H3. The van der Waals surface area contributed by atoms with Crippen LogP contribution < -0.4 is 5.32 Å². The number of rotatable bonds is 3. The van der Waals surface area contributed by atoms with Gasteiger partial charge in [-0.15, -0.1) is 0 Å². The van der Waals surface area contributed by atoms with Crippen molar-refractivity contribution in [3.8, 4) is 0 Å². The number of hydrogen-bond acceptors (Lipinski definition) is 3. The van der Waals surface area contributed by atoms with Crippen molar-refractivity contribution < 1.29 is 9.53 Å². The van der Waals surface area contributed by atoms with Gasteiger partial charge in [0, 0.05) is 19.7 Å². The molecule has 0 aromatic carbocycles. The third-order valence-corrected chi connectivity index (χ3v) is 3.34. The molecule has 2 aliphatic heterocycles. The number of carbonyl (C=O) groups is 1. The molecule has 2 rings (SSSR count). The number of amides is 1. The van der Waals surface area contributed by atoms with Crippen molar-refractivity contribution in [1.82, 2.24) is 10.2 Å². The maximum atomic E-state index is 11.8. The summed E-state index contributed by atoms with van der Waals surface area (Å²) in [6.07, 6.45) is 4.72. The minimum atomic E-state index is 0.0357. The van der Waals surface area contributed by atoms with Gasteiger partial charge in [-0.2, -0.15) is 0 Å². The summed E-state index contributed by atoms with van der Waals surface area (Å²) in [6.45, 7) is 2.53. The molecule has 2 heterocycles. The second kappa shape index (κ2) is 4.94. The Kier molecular flexibility index (Phi) is 3.59. The summed E-state index contributed by atoms with van der Waals surface area (Å²) in [7, 11) is 1.85. The Hall–Kier alpha value is -0.610. The Morgan fingerprint density at radius 1 is 1.47 bits per heavy atom. The van der Waals surface area contributed by atoms with Crippen LogP contribution in [0.5, 0.6) is 0 Å². The van der Waals surface area contributed by atoms with E-state index < -0.39 is 0 Å². The topological polar surface area (TPSA) is 41.6 Å². The average Bonchev–Trinajstić information content (AvgIpc) is 2.62. The van der Waals surface area contributed by atoms with E-state index in [0.717, 1.165) is 32.5 Å². The summed E-state index contributed by atoms with van der Waals surface area (Å²) in [6, 6.07) is 0.0357. The molecular formula is C11H20N2O2. The third kappa shape index (κ3) is 2.49. The van der Waals surface area contributed by atoms with Crippen molar-refractivity contribution in [3.63, 3.8) is 0 Å². The van der Waals surface area contributed by atoms with Gasteiger partial charge in [-0.05, 0) is 32.7 Å². The van der Waals surface area contributed by atoms with Crippen LogP contribution in [0, 0.1) is 0 Å². The van der Waals surface area contributed by atoms with E-state index in [1.807, 2.05) is 11.9 Å². The Labute approximate surface area is 91.0 Å². The van der Waals surface area contributed by atoms with E-state index in [9.17, 15) is 4.79 Å². The molecule has 0 aromatic rings. The van der Waals surface area contributed by atoms with Crippen LogP contribution in [0.4, 0.5) is 0 Å². The highest BCUT2D eigenvalue weighted by atomic mass is 16.5. The second-order valence-electron chi connectivity index (χ2n) is 4.40. The SMILES string of the molecule is CNC1CCN(CC2CCCCO2)C1=O.